The molecule has 15 heavy (non-hydrogen) atoms. The van der Waals surface area contributed by atoms with Gasteiger partial charge in [0.1, 0.15) is 5.92 Å². The molecule has 1 heterocycles. The summed E-state index contributed by atoms with van der Waals surface area (Å²) in [6.45, 7) is 4.96. The number of carboxylic acid groups (broad SMARTS) is 1. The van der Waals surface area contributed by atoms with E-state index in [0.717, 1.165) is 0 Å². The van der Waals surface area contributed by atoms with Crippen LogP contribution in [0.2, 0.25) is 0 Å². The van der Waals surface area contributed by atoms with E-state index in [9.17, 15) is 14.4 Å². The van der Waals surface area contributed by atoms with Crippen LogP contribution in [0.5, 0.6) is 0 Å². The lowest BCUT2D eigenvalue weighted by molar-refractivity contribution is -0.156. The summed E-state index contributed by atoms with van der Waals surface area (Å²) in [5.41, 5.74) is 0. The fraction of sp³-hybridized carbons (Fsp3) is 0.700. The fourth-order valence-electron chi connectivity index (χ4n) is 2.02. The zero-order valence-corrected chi connectivity index (χ0v) is 9.06. The highest BCUT2D eigenvalue weighted by Gasteiger charge is 2.43. The summed E-state index contributed by atoms with van der Waals surface area (Å²) in [6.07, 6.45) is 0. The van der Waals surface area contributed by atoms with Gasteiger partial charge in [0.15, 0.2) is 5.78 Å². The van der Waals surface area contributed by atoms with E-state index >= 15 is 0 Å². The van der Waals surface area contributed by atoms with E-state index in [1.54, 1.807) is 13.8 Å². The molecule has 1 N–H and O–H groups in total. The Morgan fingerprint density at radius 1 is 1.40 bits per heavy atom. The Morgan fingerprint density at radius 2 is 1.93 bits per heavy atom. The lowest BCUT2D eigenvalue weighted by Crippen LogP contribution is -2.55. The third-order valence-corrected chi connectivity index (χ3v) is 2.91. The first-order valence-electron chi connectivity index (χ1n) is 4.90. The number of carbonyl (C=O) groups excluding carboxylic acids is 2. The standard InChI is InChI=1S/C10H15NO4/c1-5-4-11(7(3)12)6(2)8(9(5)13)10(14)15/h5-6,8H,4H2,1-3H3,(H,14,15). The second-order valence-electron chi connectivity index (χ2n) is 4.03. The number of hydrogen-bond acceptors (Lipinski definition) is 3. The van der Waals surface area contributed by atoms with Gasteiger partial charge >= 0.3 is 5.97 Å². The number of carbonyl (C=O) groups is 3. The molecule has 84 valence electrons. The van der Waals surface area contributed by atoms with Crippen LogP contribution >= 0.6 is 0 Å². The van der Waals surface area contributed by atoms with Gasteiger partial charge in [-0.3, -0.25) is 14.4 Å². The van der Waals surface area contributed by atoms with Crippen molar-refractivity contribution < 1.29 is 19.5 Å². The van der Waals surface area contributed by atoms with Crippen LogP contribution in [0.1, 0.15) is 20.8 Å². The SMILES string of the molecule is CC(=O)N1CC(C)C(=O)C(C(=O)O)C1C. The van der Waals surface area contributed by atoms with E-state index in [2.05, 4.69) is 0 Å². The van der Waals surface area contributed by atoms with Crippen molar-refractivity contribution in [3.63, 3.8) is 0 Å². The predicted molar refractivity (Wildman–Crippen MR) is 52.1 cm³/mol. The van der Waals surface area contributed by atoms with Gasteiger partial charge in [0.2, 0.25) is 5.91 Å². The monoisotopic (exact) mass is 213 g/mol. The molecule has 1 saturated heterocycles. The summed E-state index contributed by atoms with van der Waals surface area (Å²) in [5.74, 6) is -3.10. The lowest BCUT2D eigenvalue weighted by Gasteiger charge is -2.38. The van der Waals surface area contributed by atoms with Crippen molar-refractivity contribution in [2.24, 2.45) is 11.8 Å². The summed E-state index contributed by atoms with van der Waals surface area (Å²) in [6, 6.07) is -0.552. The minimum absolute atomic E-state index is 0.187. The van der Waals surface area contributed by atoms with Gasteiger partial charge in [-0.1, -0.05) is 6.92 Å². The Bertz CT molecular complexity index is 313. The number of amides is 1. The second kappa shape index (κ2) is 4.00. The molecule has 3 atom stereocenters. The molecule has 5 nitrogen and oxygen atoms in total. The number of likely N-dealkylation sites (tertiary alicyclic amines) is 1. The molecule has 1 fully saturated rings. The Morgan fingerprint density at radius 3 is 2.33 bits per heavy atom. The molecule has 0 spiro atoms. The quantitative estimate of drug-likeness (QED) is 0.629. The van der Waals surface area contributed by atoms with Crippen LogP contribution in [0.4, 0.5) is 0 Å². The van der Waals surface area contributed by atoms with Crippen molar-refractivity contribution in [1.82, 2.24) is 4.90 Å². The number of aliphatic carboxylic acids is 1. The van der Waals surface area contributed by atoms with Crippen molar-refractivity contribution in [2.75, 3.05) is 6.54 Å². The molecule has 3 unspecified atom stereocenters. The van der Waals surface area contributed by atoms with Gasteiger partial charge in [-0.25, -0.2) is 0 Å². The molecule has 1 aliphatic rings. The maximum atomic E-state index is 11.6. The van der Waals surface area contributed by atoms with Gasteiger partial charge in [0, 0.05) is 25.4 Å². The Balaban J connectivity index is 2.99. The van der Waals surface area contributed by atoms with Crippen molar-refractivity contribution in [3.8, 4) is 0 Å². The van der Waals surface area contributed by atoms with Gasteiger partial charge < -0.3 is 10.0 Å². The molecule has 1 amide bonds. The number of nitrogens with zero attached hydrogens (tertiary/aromatic N) is 1. The van der Waals surface area contributed by atoms with Gasteiger partial charge in [0.25, 0.3) is 0 Å². The first-order valence-corrected chi connectivity index (χ1v) is 4.90. The Labute approximate surface area is 88.1 Å². The molecular weight excluding hydrogens is 198 g/mol. The average molecular weight is 213 g/mol. The average Bonchev–Trinajstić information content (AvgIpc) is 2.10. The zero-order chi connectivity index (χ0) is 11.7. The van der Waals surface area contributed by atoms with Crippen LogP contribution in [-0.2, 0) is 14.4 Å². The molecule has 1 rings (SSSR count). The topological polar surface area (TPSA) is 74.7 Å². The zero-order valence-electron chi connectivity index (χ0n) is 9.06. The molecule has 0 aromatic rings. The third-order valence-electron chi connectivity index (χ3n) is 2.91. The molecule has 0 aromatic carbocycles. The molecule has 5 heteroatoms. The number of ketones is 1. The van der Waals surface area contributed by atoms with E-state index in [0.29, 0.717) is 6.54 Å². The minimum atomic E-state index is -1.15. The number of hydrogen-bond donors (Lipinski definition) is 1. The van der Waals surface area contributed by atoms with E-state index in [4.69, 9.17) is 5.11 Å². The minimum Gasteiger partial charge on any atom is -0.481 e. The third kappa shape index (κ3) is 2.00. The normalized spacial score (nSPS) is 31.5. The van der Waals surface area contributed by atoms with Crippen LogP contribution in [0, 0.1) is 11.8 Å². The number of carboxylic acids is 1. The molecule has 0 saturated carbocycles. The lowest BCUT2D eigenvalue weighted by atomic mass is 9.83. The highest BCUT2D eigenvalue weighted by molar-refractivity contribution is 6.01. The Kier molecular flexibility index (Phi) is 3.12. The van der Waals surface area contributed by atoms with Crippen molar-refractivity contribution in [1.29, 1.82) is 0 Å². The Hall–Kier alpha value is -1.39. The van der Waals surface area contributed by atoms with E-state index in [1.165, 1.54) is 11.8 Å². The van der Waals surface area contributed by atoms with Crippen LogP contribution in [0.3, 0.4) is 0 Å². The number of Topliss-reactive ketones (excluding diaryl/α,β-unsaturated/α-hetero) is 1. The van der Waals surface area contributed by atoms with Crippen LogP contribution in [-0.4, -0.2) is 40.3 Å². The maximum Gasteiger partial charge on any atom is 0.316 e. The molecule has 1 aliphatic heterocycles. The largest absolute Gasteiger partial charge is 0.481 e. The highest BCUT2D eigenvalue weighted by atomic mass is 16.4. The molecule has 0 bridgehead atoms. The van der Waals surface area contributed by atoms with E-state index < -0.39 is 23.8 Å². The predicted octanol–water partition coefficient (Wildman–Crippen LogP) is 0.143. The molecule has 0 aromatic heterocycles. The van der Waals surface area contributed by atoms with Crippen molar-refractivity contribution >= 4 is 17.7 Å². The number of piperidine rings is 1. The number of rotatable bonds is 1. The van der Waals surface area contributed by atoms with Crippen molar-refractivity contribution in [3.05, 3.63) is 0 Å². The van der Waals surface area contributed by atoms with Crippen LogP contribution in [0.15, 0.2) is 0 Å². The molecular formula is C10H15NO4. The summed E-state index contributed by atoms with van der Waals surface area (Å²) < 4.78 is 0. The summed E-state index contributed by atoms with van der Waals surface area (Å²) in [4.78, 5) is 35.3. The molecule has 0 aliphatic carbocycles. The van der Waals surface area contributed by atoms with Gasteiger partial charge in [0.05, 0.1) is 0 Å². The summed E-state index contributed by atoms with van der Waals surface area (Å²) >= 11 is 0. The van der Waals surface area contributed by atoms with Crippen LogP contribution in [0.25, 0.3) is 0 Å². The maximum absolute atomic E-state index is 11.6. The molecule has 0 radical (unpaired) electrons. The smallest absolute Gasteiger partial charge is 0.316 e. The summed E-state index contributed by atoms with van der Waals surface area (Å²) in [7, 11) is 0. The first kappa shape index (κ1) is 11.7. The van der Waals surface area contributed by atoms with Crippen molar-refractivity contribution in [2.45, 2.75) is 26.8 Å². The van der Waals surface area contributed by atoms with Gasteiger partial charge in [-0.15, -0.1) is 0 Å². The highest BCUT2D eigenvalue weighted by Crippen LogP contribution is 2.24. The van der Waals surface area contributed by atoms with E-state index in [1.807, 2.05) is 0 Å². The second-order valence-corrected chi connectivity index (χ2v) is 4.03. The van der Waals surface area contributed by atoms with Gasteiger partial charge in [-0.05, 0) is 6.92 Å². The van der Waals surface area contributed by atoms with E-state index in [-0.39, 0.29) is 11.7 Å². The fourth-order valence-corrected chi connectivity index (χ4v) is 2.02. The van der Waals surface area contributed by atoms with Gasteiger partial charge in [-0.2, -0.15) is 0 Å². The first-order chi connectivity index (χ1) is 6.86. The van der Waals surface area contributed by atoms with Crippen LogP contribution < -0.4 is 0 Å². The summed E-state index contributed by atoms with van der Waals surface area (Å²) in [5, 5.41) is 8.94.